The van der Waals surface area contributed by atoms with Crippen LogP contribution in [0.15, 0.2) is 50.0 Å². The summed E-state index contributed by atoms with van der Waals surface area (Å²) in [5, 5.41) is 6.35. The molecule has 11 heteroatoms. The van der Waals surface area contributed by atoms with E-state index in [4.69, 9.17) is 9.47 Å². The molecule has 0 fully saturated rings. The summed E-state index contributed by atoms with van der Waals surface area (Å²) in [6.45, 7) is 17.6. The summed E-state index contributed by atoms with van der Waals surface area (Å²) in [5.74, 6) is -0.691. The van der Waals surface area contributed by atoms with Gasteiger partial charge in [0.05, 0.1) is 18.0 Å². The average molecular weight is 570 g/mol. The number of hydrazone groups is 1. The first-order valence-electron chi connectivity index (χ1n) is 13.1. The number of ether oxygens (including phenoxy) is 2. The Morgan fingerprint density at radius 1 is 1.15 bits per heavy atom. The minimum atomic E-state index is -1.60. The molecule has 2 heterocycles. The highest BCUT2D eigenvalue weighted by Gasteiger charge is 2.39. The molecule has 40 heavy (non-hydrogen) atoms. The van der Waals surface area contributed by atoms with Gasteiger partial charge >= 0.3 is 11.7 Å². The summed E-state index contributed by atoms with van der Waals surface area (Å²) in [7, 11) is 1.60. The molecule has 0 aliphatic heterocycles. The van der Waals surface area contributed by atoms with E-state index in [9.17, 15) is 14.4 Å². The molecular weight excluding hydrogens is 530 g/mol. The van der Waals surface area contributed by atoms with Gasteiger partial charge in [-0.15, -0.1) is 0 Å². The normalized spacial score (nSPS) is 13.2. The second-order valence-corrected chi connectivity index (χ2v) is 12.2. The second-order valence-electron chi connectivity index (χ2n) is 11.3. The maximum Gasteiger partial charge on any atom is 0.333 e. The molecule has 1 atom stereocenters. The number of benzene rings is 1. The Kier molecular flexibility index (Phi) is 9.21. The molecule has 2 aromatic heterocycles. The van der Waals surface area contributed by atoms with Crippen LogP contribution < -0.4 is 16.3 Å². The number of carbonyl (C=O) groups excluding carboxylic acids is 1. The smallest absolute Gasteiger partial charge is 0.333 e. The molecule has 3 rings (SSSR count). The number of aromatic nitrogens is 2. The van der Waals surface area contributed by atoms with Gasteiger partial charge in [0.1, 0.15) is 33.4 Å². The Labute approximate surface area is 238 Å². The summed E-state index contributed by atoms with van der Waals surface area (Å²) in [6, 6.07) is 9.58. The number of hydrogen-bond donors (Lipinski definition) is 0. The van der Waals surface area contributed by atoms with Gasteiger partial charge < -0.3 is 9.47 Å². The van der Waals surface area contributed by atoms with E-state index in [2.05, 4.69) is 16.8 Å². The number of hydrogen-bond acceptors (Lipinski definition) is 8. The van der Waals surface area contributed by atoms with Gasteiger partial charge in [0.15, 0.2) is 0 Å². The van der Waals surface area contributed by atoms with Crippen molar-refractivity contribution in [3.05, 3.63) is 62.3 Å². The van der Waals surface area contributed by atoms with Crippen LogP contribution in [0.5, 0.6) is 0 Å². The van der Waals surface area contributed by atoms with Crippen molar-refractivity contribution in [1.82, 2.24) is 9.13 Å². The van der Waals surface area contributed by atoms with E-state index in [0.717, 1.165) is 10.1 Å². The number of anilines is 1. The zero-order valence-corrected chi connectivity index (χ0v) is 25.5. The molecule has 0 saturated carbocycles. The highest BCUT2D eigenvalue weighted by atomic mass is 32.1. The first-order valence-corrected chi connectivity index (χ1v) is 13.9. The molecule has 216 valence electrons. The summed E-state index contributed by atoms with van der Waals surface area (Å²) < 4.78 is 14.4. The van der Waals surface area contributed by atoms with Crippen molar-refractivity contribution >= 4 is 45.6 Å². The highest BCUT2D eigenvalue weighted by Crippen LogP contribution is 2.36. The number of thiophene rings is 1. The lowest BCUT2D eigenvalue weighted by Crippen LogP contribution is -2.54. The van der Waals surface area contributed by atoms with Crippen molar-refractivity contribution in [2.45, 2.75) is 85.3 Å². The quantitative estimate of drug-likeness (QED) is 0.149. The molecule has 0 aliphatic carbocycles. The molecule has 0 radical (unpaired) electrons. The van der Waals surface area contributed by atoms with E-state index in [1.54, 1.807) is 34.7 Å². The van der Waals surface area contributed by atoms with Gasteiger partial charge in [0.2, 0.25) is 0 Å². The first-order chi connectivity index (χ1) is 18.6. The molecule has 0 spiro atoms. The molecule has 0 unspecified atom stereocenters. The Morgan fingerprint density at radius 3 is 2.30 bits per heavy atom. The summed E-state index contributed by atoms with van der Waals surface area (Å²) >= 11 is 1.22. The summed E-state index contributed by atoms with van der Waals surface area (Å²) in [4.78, 5) is 46.1. The van der Waals surface area contributed by atoms with E-state index in [0.29, 0.717) is 20.8 Å². The molecule has 0 bridgehead atoms. The van der Waals surface area contributed by atoms with Crippen LogP contribution in [0.3, 0.4) is 0 Å². The van der Waals surface area contributed by atoms with E-state index in [1.807, 2.05) is 44.2 Å². The van der Waals surface area contributed by atoms with Gasteiger partial charge in [-0.2, -0.15) is 5.10 Å². The second kappa shape index (κ2) is 11.9. The van der Waals surface area contributed by atoms with Crippen LogP contribution in [-0.4, -0.2) is 46.9 Å². The zero-order chi connectivity index (χ0) is 30.0. The number of carbonyl (C=O) groups is 1. The summed E-state index contributed by atoms with van der Waals surface area (Å²) in [6.07, 6.45) is 0.835. The van der Waals surface area contributed by atoms with Crippen molar-refractivity contribution in [2.24, 2.45) is 10.1 Å². The van der Waals surface area contributed by atoms with Crippen LogP contribution in [0, 0.1) is 6.92 Å². The Bertz CT molecular complexity index is 1530. The van der Waals surface area contributed by atoms with Crippen LogP contribution in [-0.2, 0) is 26.4 Å². The molecule has 0 aliphatic rings. The SMILES string of the molecule is C=NN(C=NC)c1sc2c(c1C)c(=O)n(C(C)(C)C(=O)OC(C)(C)C)c(=O)n2C[C@H](OC(C)C)c1ccccc1. The summed E-state index contributed by atoms with van der Waals surface area (Å²) in [5.41, 5.74) is -2.19. The van der Waals surface area contributed by atoms with E-state index in [1.165, 1.54) is 41.1 Å². The zero-order valence-electron chi connectivity index (χ0n) is 24.7. The number of aliphatic imine (C=N–C) groups is 1. The topological polar surface area (TPSA) is 107 Å². The fourth-order valence-electron chi connectivity index (χ4n) is 4.35. The molecule has 0 amide bonds. The number of fused-ring (bicyclic) bond motifs is 1. The number of rotatable bonds is 10. The lowest BCUT2D eigenvalue weighted by atomic mass is 10.0. The van der Waals surface area contributed by atoms with Gasteiger partial charge in [0, 0.05) is 19.3 Å². The fraction of sp³-hybridized carbons (Fsp3) is 0.483. The van der Waals surface area contributed by atoms with Gasteiger partial charge in [0.25, 0.3) is 5.56 Å². The predicted octanol–water partition coefficient (Wildman–Crippen LogP) is 4.86. The number of aryl methyl sites for hydroxylation is 1. The van der Waals surface area contributed by atoms with Crippen LogP contribution in [0.2, 0.25) is 0 Å². The average Bonchev–Trinajstić information content (AvgIpc) is 3.20. The van der Waals surface area contributed by atoms with Crippen molar-refractivity contribution in [2.75, 3.05) is 12.1 Å². The maximum atomic E-state index is 14.3. The predicted molar refractivity (Wildman–Crippen MR) is 162 cm³/mol. The fourth-order valence-corrected chi connectivity index (χ4v) is 5.60. The van der Waals surface area contributed by atoms with Gasteiger partial charge in [-0.05, 0) is 61.0 Å². The third-order valence-electron chi connectivity index (χ3n) is 6.19. The molecular formula is C29H39N5O5S. The minimum Gasteiger partial charge on any atom is -0.458 e. The third kappa shape index (κ3) is 6.26. The van der Waals surface area contributed by atoms with E-state index >= 15 is 0 Å². The molecule has 1 aromatic carbocycles. The Hall–Kier alpha value is -3.57. The van der Waals surface area contributed by atoms with Crippen molar-refractivity contribution < 1.29 is 14.3 Å². The molecule has 3 aromatic rings. The van der Waals surface area contributed by atoms with Gasteiger partial charge in [-0.25, -0.2) is 19.2 Å². The van der Waals surface area contributed by atoms with Crippen LogP contribution in [0.25, 0.3) is 10.2 Å². The highest BCUT2D eigenvalue weighted by molar-refractivity contribution is 7.22. The van der Waals surface area contributed by atoms with Crippen LogP contribution in [0.4, 0.5) is 5.00 Å². The van der Waals surface area contributed by atoms with Crippen LogP contribution in [0.1, 0.15) is 65.7 Å². The molecule has 10 nitrogen and oxygen atoms in total. The van der Waals surface area contributed by atoms with E-state index < -0.39 is 34.5 Å². The lowest BCUT2D eigenvalue weighted by Gasteiger charge is -2.30. The molecule has 0 N–H and O–H groups in total. The maximum absolute atomic E-state index is 14.3. The first kappa shape index (κ1) is 31.0. The van der Waals surface area contributed by atoms with Crippen molar-refractivity contribution in [3.8, 4) is 0 Å². The standard InChI is InChI=1S/C29H39N5O5S/c1-18(2)38-21(20-14-12-11-13-15-20)16-32-25-22(19(3)24(40-25)33(31-10)17-30-9)23(35)34(27(32)37)29(7,8)26(36)39-28(4,5)6/h11-15,17-18,21H,10,16H2,1-9H3/t21-/m0/s1. The van der Waals surface area contributed by atoms with Crippen molar-refractivity contribution in [1.29, 1.82) is 0 Å². The Morgan fingerprint density at radius 2 is 1.77 bits per heavy atom. The van der Waals surface area contributed by atoms with Crippen molar-refractivity contribution in [3.63, 3.8) is 0 Å². The van der Waals surface area contributed by atoms with Gasteiger partial charge in [-0.3, -0.25) is 14.4 Å². The monoisotopic (exact) mass is 569 g/mol. The number of nitrogens with zero attached hydrogens (tertiary/aromatic N) is 5. The van der Waals surface area contributed by atoms with Gasteiger partial charge in [-0.1, -0.05) is 41.7 Å². The number of esters is 1. The third-order valence-corrected chi connectivity index (χ3v) is 7.49. The Balaban J connectivity index is 2.41. The van der Waals surface area contributed by atoms with E-state index in [-0.39, 0.29) is 12.6 Å². The largest absolute Gasteiger partial charge is 0.458 e. The molecule has 0 saturated heterocycles. The lowest BCUT2D eigenvalue weighted by molar-refractivity contribution is -0.164. The minimum absolute atomic E-state index is 0.102. The van der Waals surface area contributed by atoms with Crippen LogP contribution >= 0.6 is 11.3 Å².